The molecule has 7 nitrogen and oxygen atoms in total. The van der Waals surface area contributed by atoms with Crippen LogP contribution in [0.1, 0.15) is 31.4 Å². The molecule has 1 aliphatic rings. The van der Waals surface area contributed by atoms with Crippen molar-refractivity contribution in [2.24, 2.45) is 0 Å². The zero-order valence-corrected chi connectivity index (χ0v) is 16.5. The van der Waals surface area contributed by atoms with Crippen LogP contribution in [0, 0.1) is 0 Å². The summed E-state index contributed by atoms with van der Waals surface area (Å²) in [6, 6.07) is 15.1. The highest BCUT2D eigenvalue weighted by molar-refractivity contribution is 5.90. The van der Waals surface area contributed by atoms with Crippen LogP contribution in [0.3, 0.4) is 0 Å². The average molecular weight is 391 g/mol. The summed E-state index contributed by atoms with van der Waals surface area (Å²) in [5.41, 5.74) is 3.62. The van der Waals surface area contributed by atoms with Crippen LogP contribution in [-0.4, -0.2) is 33.9 Å². The van der Waals surface area contributed by atoms with Gasteiger partial charge in [0.1, 0.15) is 11.4 Å². The lowest BCUT2D eigenvalue weighted by Gasteiger charge is -2.12. The van der Waals surface area contributed by atoms with Gasteiger partial charge in [-0.15, -0.1) is 0 Å². The Morgan fingerprint density at radius 2 is 2.00 bits per heavy atom. The predicted octanol–water partition coefficient (Wildman–Crippen LogP) is 4.04. The number of amides is 2. The molecule has 0 saturated heterocycles. The number of nitrogens with zero attached hydrogens (tertiary/aromatic N) is 3. The summed E-state index contributed by atoms with van der Waals surface area (Å²) in [6.07, 6.45) is 4.15. The van der Waals surface area contributed by atoms with Crippen LogP contribution in [0.4, 0.5) is 10.5 Å². The number of para-hydroxylation sites is 2. The van der Waals surface area contributed by atoms with E-state index in [4.69, 9.17) is 9.84 Å². The Morgan fingerprint density at radius 1 is 1.17 bits per heavy atom. The zero-order valence-electron chi connectivity index (χ0n) is 16.5. The highest BCUT2D eigenvalue weighted by Crippen LogP contribution is 2.41. The number of carbonyl (C=O) groups is 1. The molecule has 3 aromatic rings. The SMILES string of the molecule is CCOc1ccccc1NC(=O)NCCn1nc(-c2ccccn2)cc1C1CC1. The first-order valence-electron chi connectivity index (χ1n) is 10.0. The van der Waals surface area contributed by atoms with Gasteiger partial charge in [-0.3, -0.25) is 9.67 Å². The molecule has 0 spiro atoms. The third kappa shape index (κ3) is 4.74. The summed E-state index contributed by atoms with van der Waals surface area (Å²) in [5, 5.41) is 10.5. The Morgan fingerprint density at radius 3 is 2.76 bits per heavy atom. The molecule has 1 saturated carbocycles. The van der Waals surface area contributed by atoms with Crippen LogP contribution >= 0.6 is 0 Å². The number of urea groups is 1. The molecule has 2 aromatic heterocycles. The molecule has 4 rings (SSSR count). The summed E-state index contributed by atoms with van der Waals surface area (Å²) in [6.45, 7) is 3.55. The molecule has 150 valence electrons. The maximum Gasteiger partial charge on any atom is 0.319 e. The fraction of sp³-hybridized carbons (Fsp3) is 0.318. The van der Waals surface area contributed by atoms with Crippen LogP contribution in [0.25, 0.3) is 11.4 Å². The second-order valence-corrected chi connectivity index (χ2v) is 6.98. The smallest absolute Gasteiger partial charge is 0.319 e. The van der Waals surface area contributed by atoms with E-state index in [-0.39, 0.29) is 6.03 Å². The van der Waals surface area contributed by atoms with Crippen LogP contribution in [-0.2, 0) is 6.54 Å². The van der Waals surface area contributed by atoms with Gasteiger partial charge in [0.15, 0.2) is 0 Å². The van der Waals surface area contributed by atoms with Gasteiger partial charge in [-0.25, -0.2) is 4.79 Å². The Labute approximate surface area is 170 Å². The predicted molar refractivity (Wildman–Crippen MR) is 112 cm³/mol. The van der Waals surface area contributed by atoms with E-state index in [0.717, 1.165) is 11.4 Å². The number of aromatic nitrogens is 3. The topological polar surface area (TPSA) is 81.1 Å². The van der Waals surface area contributed by atoms with Gasteiger partial charge in [-0.2, -0.15) is 5.10 Å². The molecule has 0 bridgehead atoms. The highest BCUT2D eigenvalue weighted by Gasteiger charge is 2.28. The van der Waals surface area contributed by atoms with Gasteiger partial charge in [0, 0.05) is 24.4 Å². The van der Waals surface area contributed by atoms with Crippen molar-refractivity contribution in [3.8, 4) is 17.1 Å². The molecular formula is C22H25N5O2. The minimum Gasteiger partial charge on any atom is -0.492 e. The lowest BCUT2D eigenvalue weighted by Crippen LogP contribution is -2.32. The second kappa shape index (κ2) is 8.77. The number of pyridine rings is 1. The van der Waals surface area contributed by atoms with E-state index >= 15 is 0 Å². The first-order valence-corrected chi connectivity index (χ1v) is 10.0. The molecule has 2 heterocycles. The normalized spacial score (nSPS) is 13.1. The van der Waals surface area contributed by atoms with Crippen LogP contribution < -0.4 is 15.4 Å². The van der Waals surface area contributed by atoms with Crippen molar-refractivity contribution in [2.75, 3.05) is 18.5 Å². The third-order valence-corrected chi connectivity index (χ3v) is 4.78. The fourth-order valence-electron chi connectivity index (χ4n) is 3.25. The average Bonchev–Trinajstić information content (AvgIpc) is 3.50. The molecule has 0 aliphatic heterocycles. The number of ether oxygens (including phenoxy) is 1. The van der Waals surface area contributed by atoms with Crippen molar-refractivity contribution in [3.63, 3.8) is 0 Å². The Hall–Kier alpha value is -3.35. The monoisotopic (exact) mass is 391 g/mol. The molecule has 29 heavy (non-hydrogen) atoms. The minimum atomic E-state index is -0.262. The number of hydrogen-bond acceptors (Lipinski definition) is 4. The summed E-state index contributed by atoms with van der Waals surface area (Å²) >= 11 is 0. The van der Waals surface area contributed by atoms with Crippen LogP contribution in [0.2, 0.25) is 0 Å². The minimum absolute atomic E-state index is 0.262. The standard InChI is InChI=1S/C22H25N5O2/c1-2-29-21-9-4-3-8-18(21)25-22(28)24-13-14-27-20(16-10-11-16)15-19(26-27)17-7-5-6-12-23-17/h3-9,12,15-16H,2,10-11,13-14H2,1H3,(H2,24,25,28). The molecule has 7 heteroatoms. The van der Waals surface area contributed by atoms with Crippen molar-refractivity contribution in [2.45, 2.75) is 32.2 Å². The first-order chi connectivity index (χ1) is 14.2. The number of benzene rings is 1. The van der Waals surface area contributed by atoms with Crippen molar-refractivity contribution < 1.29 is 9.53 Å². The maximum atomic E-state index is 12.3. The summed E-state index contributed by atoms with van der Waals surface area (Å²) in [5.74, 6) is 1.22. The number of rotatable bonds is 8. The Balaban J connectivity index is 1.37. The van der Waals surface area contributed by atoms with Gasteiger partial charge in [0.05, 0.1) is 24.5 Å². The third-order valence-electron chi connectivity index (χ3n) is 4.78. The quantitative estimate of drug-likeness (QED) is 0.607. The van der Waals surface area contributed by atoms with E-state index in [1.54, 1.807) is 6.20 Å². The molecule has 0 atom stereocenters. The zero-order chi connectivity index (χ0) is 20.1. The summed E-state index contributed by atoms with van der Waals surface area (Å²) < 4.78 is 7.54. The van der Waals surface area contributed by atoms with Gasteiger partial charge < -0.3 is 15.4 Å². The van der Waals surface area contributed by atoms with Gasteiger partial charge in [0.25, 0.3) is 0 Å². The van der Waals surface area contributed by atoms with E-state index < -0.39 is 0 Å². The number of nitrogens with one attached hydrogen (secondary N) is 2. The number of hydrogen-bond donors (Lipinski definition) is 2. The Bertz CT molecular complexity index is 966. The van der Waals surface area contributed by atoms with Crippen molar-refractivity contribution in [1.29, 1.82) is 0 Å². The number of carbonyl (C=O) groups excluding carboxylic acids is 1. The van der Waals surface area contributed by atoms with Crippen molar-refractivity contribution in [1.82, 2.24) is 20.1 Å². The molecule has 1 aliphatic carbocycles. The fourth-order valence-corrected chi connectivity index (χ4v) is 3.25. The lowest BCUT2D eigenvalue weighted by atomic mass is 10.2. The maximum absolute atomic E-state index is 12.3. The molecule has 2 N–H and O–H groups in total. The van der Waals surface area contributed by atoms with Crippen molar-refractivity contribution >= 4 is 11.7 Å². The molecule has 0 unspecified atom stereocenters. The molecule has 2 amide bonds. The molecular weight excluding hydrogens is 366 g/mol. The van der Waals surface area contributed by atoms with Crippen LogP contribution in [0.5, 0.6) is 5.75 Å². The van der Waals surface area contributed by atoms with Gasteiger partial charge in [0.2, 0.25) is 0 Å². The van der Waals surface area contributed by atoms with E-state index in [9.17, 15) is 4.79 Å². The van der Waals surface area contributed by atoms with Crippen molar-refractivity contribution in [3.05, 3.63) is 60.4 Å². The van der Waals surface area contributed by atoms with E-state index in [1.807, 2.05) is 54.1 Å². The molecule has 1 fully saturated rings. The second-order valence-electron chi connectivity index (χ2n) is 6.98. The number of anilines is 1. The molecule has 0 radical (unpaired) electrons. The van der Waals surface area contributed by atoms with E-state index in [2.05, 4.69) is 21.7 Å². The summed E-state index contributed by atoms with van der Waals surface area (Å²) in [4.78, 5) is 16.7. The highest BCUT2D eigenvalue weighted by atomic mass is 16.5. The van der Waals surface area contributed by atoms with E-state index in [0.29, 0.717) is 37.1 Å². The van der Waals surface area contributed by atoms with Crippen LogP contribution in [0.15, 0.2) is 54.7 Å². The van der Waals surface area contributed by atoms with E-state index in [1.165, 1.54) is 18.5 Å². The first kappa shape index (κ1) is 19.0. The molecule has 1 aromatic carbocycles. The lowest BCUT2D eigenvalue weighted by molar-refractivity contribution is 0.251. The van der Waals surface area contributed by atoms with Gasteiger partial charge >= 0.3 is 6.03 Å². The van der Waals surface area contributed by atoms with Gasteiger partial charge in [-0.05, 0) is 50.1 Å². The summed E-state index contributed by atoms with van der Waals surface area (Å²) in [7, 11) is 0. The Kier molecular flexibility index (Phi) is 5.74. The van der Waals surface area contributed by atoms with Gasteiger partial charge in [-0.1, -0.05) is 18.2 Å². The largest absolute Gasteiger partial charge is 0.492 e.